The number of amides is 1. The van der Waals surface area contributed by atoms with Crippen molar-refractivity contribution in [2.75, 3.05) is 25.6 Å². The van der Waals surface area contributed by atoms with Crippen LogP contribution in [-0.2, 0) is 4.74 Å². The maximum absolute atomic E-state index is 12.5. The number of nitrogens with one attached hydrogen (secondary N) is 2. The minimum absolute atomic E-state index is 0.0794. The van der Waals surface area contributed by atoms with E-state index in [-0.39, 0.29) is 12.0 Å². The van der Waals surface area contributed by atoms with Crippen LogP contribution in [0.4, 0.5) is 11.6 Å². The Labute approximate surface area is 163 Å². The summed E-state index contributed by atoms with van der Waals surface area (Å²) < 4.78 is 10.9. The normalized spacial score (nSPS) is 16.2. The molecule has 27 heavy (non-hydrogen) atoms. The molecule has 2 heterocycles. The highest BCUT2D eigenvalue weighted by atomic mass is 35.5. The Morgan fingerprint density at radius 1 is 1.33 bits per heavy atom. The standard InChI is InChI=1S/C19H23ClN4O3/c1-11-7-15(17(26-3)9-14(11)20)23-19-22-12(2)8-16(24-19)18(25)21-10-13-5-4-6-27-13/h7-9,13H,4-6,10H2,1-3H3,(H,21,25)(H,22,23,24). The van der Waals surface area contributed by atoms with Crippen molar-refractivity contribution in [3.8, 4) is 5.75 Å². The van der Waals surface area contributed by atoms with Gasteiger partial charge in [-0.1, -0.05) is 11.6 Å². The van der Waals surface area contributed by atoms with Crippen LogP contribution in [0, 0.1) is 13.8 Å². The van der Waals surface area contributed by atoms with Crippen LogP contribution < -0.4 is 15.4 Å². The number of methoxy groups -OCH3 is 1. The van der Waals surface area contributed by atoms with E-state index in [4.69, 9.17) is 21.1 Å². The summed E-state index contributed by atoms with van der Waals surface area (Å²) in [5.41, 5.74) is 2.55. The average molecular weight is 391 g/mol. The van der Waals surface area contributed by atoms with Gasteiger partial charge < -0.3 is 20.1 Å². The lowest BCUT2D eigenvalue weighted by Crippen LogP contribution is -2.32. The Morgan fingerprint density at radius 2 is 2.15 bits per heavy atom. The molecular weight excluding hydrogens is 368 g/mol. The van der Waals surface area contributed by atoms with Crippen molar-refractivity contribution >= 4 is 29.1 Å². The highest BCUT2D eigenvalue weighted by molar-refractivity contribution is 6.31. The minimum atomic E-state index is -0.252. The number of hydrogen-bond donors (Lipinski definition) is 2. The molecule has 0 saturated carbocycles. The van der Waals surface area contributed by atoms with Gasteiger partial charge in [0.25, 0.3) is 5.91 Å². The number of hydrogen-bond acceptors (Lipinski definition) is 6. The second-order valence-electron chi connectivity index (χ2n) is 6.49. The molecule has 3 rings (SSSR count). The first-order valence-electron chi connectivity index (χ1n) is 8.83. The lowest BCUT2D eigenvalue weighted by Gasteiger charge is -2.14. The summed E-state index contributed by atoms with van der Waals surface area (Å²) in [5, 5.41) is 6.60. The number of aryl methyl sites for hydroxylation is 2. The van der Waals surface area contributed by atoms with Crippen LogP contribution in [0.3, 0.4) is 0 Å². The third-order valence-electron chi connectivity index (χ3n) is 4.33. The molecule has 1 unspecified atom stereocenters. The van der Waals surface area contributed by atoms with Crippen LogP contribution in [0.5, 0.6) is 5.75 Å². The van der Waals surface area contributed by atoms with Crippen molar-refractivity contribution in [3.05, 3.63) is 40.2 Å². The van der Waals surface area contributed by atoms with Gasteiger partial charge in [0.15, 0.2) is 0 Å². The maximum atomic E-state index is 12.5. The summed E-state index contributed by atoms with van der Waals surface area (Å²) in [5.74, 6) is 0.635. The number of ether oxygens (including phenoxy) is 2. The van der Waals surface area contributed by atoms with Crippen LogP contribution in [-0.4, -0.2) is 42.2 Å². The number of anilines is 2. The number of carbonyl (C=O) groups is 1. The summed E-state index contributed by atoms with van der Waals surface area (Å²) in [6.07, 6.45) is 2.07. The molecule has 1 aliphatic heterocycles. The molecule has 1 atom stereocenters. The Morgan fingerprint density at radius 3 is 2.85 bits per heavy atom. The smallest absolute Gasteiger partial charge is 0.270 e. The van der Waals surface area contributed by atoms with E-state index in [1.165, 1.54) is 0 Å². The molecule has 2 aromatic rings. The lowest BCUT2D eigenvalue weighted by molar-refractivity contribution is 0.0853. The Kier molecular flexibility index (Phi) is 6.13. The number of carbonyl (C=O) groups excluding carboxylic acids is 1. The van der Waals surface area contributed by atoms with Gasteiger partial charge >= 0.3 is 0 Å². The Hall–Kier alpha value is -2.38. The summed E-state index contributed by atoms with van der Waals surface area (Å²) in [4.78, 5) is 21.2. The highest BCUT2D eigenvalue weighted by Crippen LogP contribution is 2.32. The fourth-order valence-electron chi connectivity index (χ4n) is 2.89. The van der Waals surface area contributed by atoms with Gasteiger partial charge in [0.05, 0.1) is 18.9 Å². The second kappa shape index (κ2) is 8.54. The van der Waals surface area contributed by atoms with E-state index < -0.39 is 0 Å². The molecule has 2 N–H and O–H groups in total. The van der Waals surface area contributed by atoms with E-state index in [1.54, 1.807) is 19.2 Å². The number of nitrogens with zero attached hydrogens (tertiary/aromatic N) is 2. The van der Waals surface area contributed by atoms with Crippen LogP contribution in [0.25, 0.3) is 0 Å². The summed E-state index contributed by atoms with van der Waals surface area (Å²) in [7, 11) is 1.56. The van der Waals surface area contributed by atoms with E-state index in [0.717, 1.165) is 25.0 Å². The zero-order valence-corrected chi connectivity index (χ0v) is 16.4. The summed E-state index contributed by atoms with van der Waals surface area (Å²) in [6.45, 7) is 4.94. The molecule has 8 heteroatoms. The van der Waals surface area contributed by atoms with E-state index in [0.29, 0.717) is 40.3 Å². The monoisotopic (exact) mass is 390 g/mol. The molecule has 1 aromatic heterocycles. The molecule has 1 aliphatic rings. The van der Waals surface area contributed by atoms with E-state index in [2.05, 4.69) is 20.6 Å². The van der Waals surface area contributed by atoms with Crippen molar-refractivity contribution in [1.82, 2.24) is 15.3 Å². The number of benzene rings is 1. The molecule has 1 amide bonds. The molecular formula is C19H23ClN4O3. The highest BCUT2D eigenvalue weighted by Gasteiger charge is 2.18. The van der Waals surface area contributed by atoms with Crippen molar-refractivity contribution in [1.29, 1.82) is 0 Å². The third-order valence-corrected chi connectivity index (χ3v) is 4.74. The quantitative estimate of drug-likeness (QED) is 0.786. The van der Waals surface area contributed by atoms with Crippen LogP contribution >= 0.6 is 11.6 Å². The van der Waals surface area contributed by atoms with Gasteiger partial charge in [-0.2, -0.15) is 0 Å². The molecule has 1 aromatic carbocycles. The second-order valence-corrected chi connectivity index (χ2v) is 6.90. The Balaban J connectivity index is 1.77. The fraction of sp³-hybridized carbons (Fsp3) is 0.421. The zero-order valence-electron chi connectivity index (χ0n) is 15.6. The van der Waals surface area contributed by atoms with Crippen LogP contribution in [0.1, 0.15) is 34.6 Å². The fourth-order valence-corrected chi connectivity index (χ4v) is 3.05. The first-order chi connectivity index (χ1) is 13.0. The average Bonchev–Trinajstić information content (AvgIpc) is 3.15. The molecule has 144 valence electrons. The van der Waals surface area contributed by atoms with Gasteiger partial charge in [0, 0.05) is 29.9 Å². The van der Waals surface area contributed by atoms with Gasteiger partial charge in [0.1, 0.15) is 11.4 Å². The molecule has 1 fully saturated rings. The molecule has 1 saturated heterocycles. The number of aromatic nitrogens is 2. The molecule has 7 nitrogen and oxygen atoms in total. The number of halogens is 1. The van der Waals surface area contributed by atoms with Crippen LogP contribution in [0.15, 0.2) is 18.2 Å². The Bertz CT molecular complexity index is 838. The topological polar surface area (TPSA) is 85.4 Å². The molecule has 0 spiro atoms. The van der Waals surface area contributed by atoms with Gasteiger partial charge in [-0.05, 0) is 44.4 Å². The summed E-state index contributed by atoms with van der Waals surface area (Å²) >= 11 is 6.15. The minimum Gasteiger partial charge on any atom is -0.495 e. The molecule has 0 aliphatic carbocycles. The zero-order chi connectivity index (χ0) is 19.4. The maximum Gasteiger partial charge on any atom is 0.270 e. The number of rotatable bonds is 6. The van der Waals surface area contributed by atoms with Crippen LogP contribution in [0.2, 0.25) is 5.02 Å². The summed E-state index contributed by atoms with van der Waals surface area (Å²) in [6, 6.07) is 5.23. The third kappa shape index (κ3) is 4.87. The SMILES string of the molecule is COc1cc(Cl)c(C)cc1Nc1nc(C)cc(C(=O)NCC2CCCO2)n1. The predicted molar refractivity (Wildman–Crippen MR) is 104 cm³/mol. The van der Waals surface area contributed by atoms with Crippen molar-refractivity contribution in [2.45, 2.75) is 32.8 Å². The van der Waals surface area contributed by atoms with E-state index >= 15 is 0 Å². The van der Waals surface area contributed by atoms with Gasteiger partial charge in [-0.25, -0.2) is 9.97 Å². The lowest BCUT2D eigenvalue weighted by atomic mass is 10.2. The largest absolute Gasteiger partial charge is 0.495 e. The molecule has 0 bridgehead atoms. The predicted octanol–water partition coefficient (Wildman–Crippen LogP) is 3.41. The molecule has 0 radical (unpaired) electrons. The van der Waals surface area contributed by atoms with Crippen molar-refractivity contribution in [2.24, 2.45) is 0 Å². The van der Waals surface area contributed by atoms with E-state index in [1.807, 2.05) is 19.9 Å². The first-order valence-corrected chi connectivity index (χ1v) is 9.20. The van der Waals surface area contributed by atoms with E-state index in [9.17, 15) is 4.79 Å². The first kappa shape index (κ1) is 19.4. The van der Waals surface area contributed by atoms with Gasteiger partial charge in [0.2, 0.25) is 5.95 Å². The van der Waals surface area contributed by atoms with Gasteiger partial charge in [-0.3, -0.25) is 4.79 Å². The van der Waals surface area contributed by atoms with Crippen molar-refractivity contribution < 1.29 is 14.3 Å². The van der Waals surface area contributed by atoms with Crippen molar-refractivity contribution in [3.63, 3.8) is 0 Å². The van der Waals surface area contributed by atoms with Gasteiger partial charge in [-0.15, -0.1) is 0 Å².